The minimum Gasteiger partial charge on any atom is -0.270 e. The van der Waals surface area contributed by atoms with Gasteiger partial charge < -0.3 is 0 Å². The number of aryl methyl sites for hydroxylation is 1. The summed E-state index contributed by atoms with van der Waals surface area (Å²) >= 11 is 3.41. The zero-order valence-corrected chi connectivity index (χ0v) is 17.0. The zero-order chi connectivity index (χ0) is 18.9. The maximum Gasteiger partial charge on any atom is 0.196 e. The number of thiazole rings is 1. The first-order valence-corrected chi connectivity index (χ1v) is 11.0. The summed E-state index contributed by atoms with van der Waals surface area (Å²) in [4.78, 5) is 4.80. The van der Waals surface area contributed by atoms with E-state index in [4.69, 9.17) is 4.98 Å². The van der Waals surface area contributed by atoms with E-state index in [-0.39, 0.29) is 0 Å². The molecule has 0 saturated carbocycles. The number of fused-ring (bicyclic) bond motifs is 3. The van der Waals surface area contributed by atoms with E-state index in [9.17, 15) is 0 Å². The Morgan fingerprint density at radius 3 is 2.71 bits per heavy atom. The molecule has 0 unspecified atom stereocenters. The smallest absolute Gasteiger partial charge is 0.196 e. The van der Waals surface area contributed by atoms with Crippen molar-refractivity contribution in [1.29, 1.82) is 0 Å². The summed E-state index contributed by atoms with van der Waals surface area (Å²) in [5.74, 6) is 0.786. The maximum atomic E-state index is 4.80. The third kappa shape index (κ3) is 3.30. The molecule has 0 aliphatic heterocycles. The predicted octanol–water partition coefficient (Wildman–Crippen LogP) is 5.53. The summed E-state index contributed by atoms with van der Waals surface area (Å²) in [6.45, 7) is 2.12. The van der Waals surface area contributed by atoms with Crippen molar-refractivity contribution in [2.45, 2.75) is 24.3 Å². The van der Waals surface area contributed by atoms with Crippen LogP contribution in [0.2, 0.25) is 0 Å². The molecule has 3 aromatic heterocycles. The molecule has 0 spiro atoms. The van der Waals surface area contributed by atoms with Gasteiger partial charge in [0, 0.05) is 22.9 Å². The summed E-state index contributed by atoms with van der Waals surface area (Å²) in [6, 6.07) is 21.0. The quantitative estimate of drug-likeness (QED) is 0.363. The molecule has 138 valence electrons. The first-order chi connectivity index (χ1) is 13.8. The molecule has 28 heavy (non-hydrogen) atoms. The van der Waals surface area contributed by atoms with Crippen molar-refractivity contribution in [2.24, 2.45) is 0 Å². The Labute approximate surface area is 171 Å². The van der Waals surface area contributed by atoms with Crippen molar-refractivity contribution in [3.63, 3.8) is 0 Å². The second-order valence-corrected chi connectivity index (χ2v) is 8.59. The molecule has 0 bridgehead atoms. The van der Waals surface area contributed by atoms with E-state index < -0.39 is 0 Å². The average Bonchev–Trinajstić information content (AvgIpc) is 3.34. The van der Waals surface area contributed by atoms with Gasteiger partial charge in [-0.05, 0) is 30.2 Å². The van der Waals surface area contributed by atoms with Gasteiger partial charge in [-0.25, -0.2) is 4.98 Å². The molecule has 0 saturated heterocycles. The van der Waals surface area contributed by atoms with E-state index >= 15 is 0 Å². The van der Waals surface area contributed by atoms with Gasteiger partial charge in [0.05, 0.1) is 16.2 Å². The van der Waals surface area contributed by atoms with Crippen LogP contribution in [0.1, 0.15) is 21.8 Å². The van der Waals surface area contributed by atoms with E-state index in [1.54, 1.807) is 23.1 Å². The van der Waals surface area contributed by atoms with E-state index in [0.29, 0.717) is 0 Å². The van der Waals surface area contributed by atoms with Gasteiger partial charge >= 0.3 is 0 Å². The average molecular weight is 403 g/mol. The molecule has 0 aliphatic rings. The van der Waals surface area contributed by atoms with Crippen LogP contribution in [0.3, 0.4) is 0 Å². The van der Waals surface area contributed by atoms with Crippen molar-refractivity contribution < 1.29 is 0 Å². The highest BCUT2D eigenvalue weighted by molar-refractivity contribution is 7.98. The SMILES string of the molecule is Cc1cc2nnc(SCc3csc(Cc4ccccc4)n3)n2c2ccccc12. The third-order valence-corrected chi connectivity index (χ3v) is 6.58. The molecule has 0 N–H and O–H groups in total. The standard InChI is InChI=1S/C22H18N4S2/c1-15-11-20-24-25-22(26(20)19-10-6-5-9-18(15)19)28-14-17-13-27-21(23-17)12-16-7-3-2-4-8-16/h2-11,13H,12,14H2,1H3. The van der Waals surface area contributed by atoms with E-state index in [1.165, 1.54) is 16.5 Å². The van der Waals surface area contributed by atoms with Crippen LogP contribution in [-0.2, 0) is 12.2 Å². The molecule has 5 rings (SSSR count). The Morgan fingerprint density at radius 1 is 1.00 bits per heavy atom. The molecule has 0 radical (unpaired) electrons. The number of para-hydroxylation sites is 1. The topological polar surface area (TPSA) is 43.1 Å². The van der Waals surface area contributed by atoms with Crippen LogP contribution in [0.15, 0.2) is 71.2 Å². The second kappa shape index (κ2) is 7.37. The number of hydrogen-bond donors (Lipinski definition) is 0. The maximum absolute atomic E-state index is 4.80. The summed E-state index contributed by atoms with van der Waals surface area (Å²) in [6.07, 6.45) is 0.883. The lowest BCUT2D eigenvalue weighted by atomic mass is 10.1. The van der Waals surface area contributed by atoms with Crippen molar-refractivity contribution in [3.8, 4) is 0 Å². The molecule has 6 heteroatoms. The molecule has 2 aromatic carbocycles. The third-order valence-electron chi connectivity index (χ3n) is 4.72. The van der Waals surface area contributed by atoms with Crippen molar-refractivity contribution >= 4 is 39.6 Å². The summed E-state index contributed by atoms with van der Waals surface area (Å²) in [5, 5.41) is 14.2. The van der Waals surface area contributed by atoms with Crippen LogP contribution in [0.4, 0.5) is 0 Å². The Morgan fingerprint density at radius 2 is 1.82 bits per heavy atom. The lowest BCUT2D eigenvalue weighted by Crippen LogP contribution is -1.93. The summed E-state index contributed by atoms with van der Waals surface area (Å²) < 4.78 is 2.14. The molecular formula is C22H18N4S2. The van der Waals surface area contributed by atoms with Crippen LogP contribution >= 0.6 is 23.1 Å². The van der Waals surface area contributed by atoms with Crippen molar-refractivity contribution in [1.82, 2.24) is 19.6 Å². The molecule has 0 fully saturated rings. The Balaban J connectivity index is 1.39. The minimum atomic E-state index is 0.786. The Bertz CT molecular complexity index is 1260. The number of benzene rings is 2. The normalized spacial score (nSPS) is 11.5. The Kier molecular flexibility index (Phi) is 4.58. The number of thioether (sulfide) groups is 1. The molecule has 5 aromatic rings. The van der Waals surface area contributed by atoms with Crippen LogP contribution in [-0.4, -0.2) is 19.6 Å². The van der Waals surface area contributed by atoms with Gasteiger partial charge in [-0.1, -0.05) is 60.3 Å². The van der Waals surface area contributed by atoms with Gasteiger partial charge in [-0.2, -0.15) is 0 Å². The van der Waals surface area contributed by atoms with Crippen LogP contribution < -0.4 is 0 Å². The second-order valence-electron chi connectivity index (χ2n) is 6.70. The first-order valence-electron chi connectivity index (χ1n) is 9.11. The number of pyridine rings is 1. The number of hydrogen-bond acceptors (Lipinski definition) is 5. The van der Waals surface area contributed by atoms with Crippen LogP contribution in [0.25, 0.3) is 16.6 Å². The monoisotopic (exact) mass is 402 g/mol. The zero-order valence-electron chi connectivity index (χ0n) is 15.4. The van der Waals surface area contributed by atoms with E-state index in [2.05, 4.69) is 81.5 Å². The number of aromatic nitrogens is 4. The highest BCUT2D eigenvalue weighted by Crippen LogP contribution is 2.28. The van der Waals surface area contributed by atoms with Crippen LogP contribution in [0, 0.1) is 6.92 Å². The summed E-state index contributed by atoms with van der Waals surface area (Å²) in [7, 11) is 0. The molecule has 0 atom stereocenters. The fourth-order valence-electron chi connectivity index (χ4n) is 3.37. The van der Waals surface area contributed by atoms with Gasteiger partial charge in [-0.15, -0.1) is 21.5 Å². The highest BCUT2D eigenvalue weighted by atomic mass is 32.2. The highest BCUT2D eigenvalue weighted by Gasteiger charge is 2.12. The first kappa shape index (κ1) is 17.4. The van der Waals surface area contributed by atoms with E-state index in [1.807, 2.05) is 6.07 Å². The molecular weight excluding hydrogens is 384 g/mol. The largest absolute Gasteiger partial charge is 0.270 e. The Hall–Kier alpha value is -2.70. The lowest BCUT2D eigenvalue weighted by molar-refractivity contribution is 0.938. The van der Waals surface area contributed by atoms with Gasteiger partial charge in [0.15, 0.2) is 10.8 Å². The van der Waals surface area contributed by atoms with Gasteiger partial charge in [-0.3, -0.25) is 4.40 Å². The molecule has 4 nitrogen and oxygen atoms in total. The number of nitrogens with zero attached hydrogens (tertiary/aromatic N) is 4. The predicted molar refractivity (Wildman–Crippen MR) is 116 cm³/mol. The number of rotatable bonds is 5. The van der Waals surface area contributed by atoms with Crippen molar-refractivity contribution in [2.75, 3.05) is 0 Å². The van der Waals surface area contributed by atoms with E-state index in [0.717, 1.165) is 39.2 Å². The lowest BCUT2D eigenvalue weighted by Gasteiger charge is -2.06. The minimum absolute atomic E-state index is 0.786. The molecule has 0 aliphatic carbocycles. The van der Waals surface area contributed by atoms with Gasteiger partial charge in [0.25, 0.3) is 0 Å². The molecule has 0 amide bonds. The van der Waals surface area contributed by atoms with Crippen LogP contribution in [0.5, 0.6) is 0 Å². The molecule has 3 heterocycles. The van der Waals surface area contributed by atoms with Gasteiger partial charge in [0.1, 0.15) is 0 Å². The fraction of sp³-hybridized carbons (Fsp3) is 0.136. The van der Waals surface area contributed by atoms with Crippen molar-refractivity contribution in [3.05, 3.63) is 87.9 Å². The fourth-order valence-corrected chi connectivity index (χ4v) is 5.15. The summed E-state index contributed by atoms with van der Waals surface area (Å²) in [5.41, 5.74) is 5.64. The van der Waals surface area contributed by atoms with Gasteiger partial charge in [0.2, 0.25) is 0 Å².